The number of hydrogen-bond acceptors (Lipinski definition) is 5. The Balaban J connectivity index is 1.43. The monoisotopic (exact) mass is 375 g/mol. The molecule has 1 aromatic heterocycles. The first-order chi connectivity index (χ1) is 13.6. The van der Waals surface area contributed by atoms with E-state index in [1.807, 2.05) is 18.2 Å². The Bertz CT molecular complexity index is 1150. The molecule has 5 nitrogen and oxygen atoms in total. The van der Waals surface area contributed by atoms with Gasteiger partial charge in [0.1, 0.15) is 17.3 Å². The van der Waals surface area contributed by atoms with E-state index in [4.69, 9.17) is 9.26 Å². The standard InChI is InChI=1S/C22H14FNO4/c23-16-9-5-14(6-10-16)22(26)15-7-11-17(12-8-15)27-21(25)13-19-18-3-1-2-4-20(18)28-24-19/h1-12H,13H2. The van der Waals surface area contributed by atoms with Gasteiger partial charge in [-0.2, -0.15) is 0 Å². The highest BCUT2D eigenvalue weighted by Crippen LogP contribution is 2.20. The zero-order chi connectivity index (χ0) is 19.5. The third-order valence-corrected chi connectivity index (χ3v) is 4.22. The van der Waals surface area contributed by atoms with Gasteiger partial charge in [-0.3, -0.25) is 9.59 Å². The molecule has 0 saturated carbocycles. The van der Waals surface area contributed by atoms with E-state index in [0.717, 1.165) is 5.39 Å². The average molecular weight is 375 g/mol. The molecule has 4 aromatic rings. The summed E-state index contributed by atoms with van der Waals surface area (Å²) in [5.41, 5.74) is 1.90. The van der Waals surface area contributed by atoms with Gasteiger partial charge in [-0.1, -0.05) is 17.3 Å². The van der Waals surface area contributed by atoms with Gasteiger partial charge in [0, 0.05) is 16.5 Å². The smallest absolute Gasteiger partial charge is 0.317 e. The fraction of sp³-hybridized carbons (Fsp3) is 0.0455. The first-order valence-corrected chi connectivity index (χ1v) is 8.54. The van der Waals surface area contributed by atoms with Crippen molar-refractivity contribution < 1.29 is 23.2 Å². The minimum atomic E-state index is -0.489. The molecular formula is C22H14FNO4. The summed E-state index contributed by atoms with van der Waals surface area (Å²) >= 11 is 0. The largest absolute Gasteiger partial charge is 0.426 e. The molecule has 0 N–H and O–H groups in total. The second-order valence-corrected chi connectivity index (χ2v) is 6.14. The van der Waals surface area contributed by atoms with E-state index in [9.17, 15) is 14.0 Å². The Morgan fingerprint density at radius 1 is 0.893 bits per heavy atom. The van der Waals surface area contributed by atoms with Crippen LogP contribution in [0, 0.1) is 5.82 Å². The molecule has 4 rings (SSSR count). The zero-order valence-corrected chi connectivity index (χ0v) is 14.6. The molecule has 0 fully saturated rings. The molecule has 138 valence electrons. The van der Waals surface area contributed by atoms with Crippen molar-refractivity contribution >= 4 is 22.7 Å². The number of rotatable bonds is 5. The Kier molecular flexibility index (Phi) is 4.68. The van der Waals surface area contributed by atoms with Crippen molar-refractivity contribution in [3.05, 3.63) is 95.4 Å². The Morgan fingerprint density at radius 2 is 1.54 bits per heavy atom. The van der Waals surface area contributed by atoms with Crippen LogP contribution in [0.3, 0.4) is 0 Å². The predicted molar refractivity (Wildman–Crippen MR) is 99.6 cm³/mol. The maximum Gasteiger partial charge on any atom is 0.317 e. The number of nitrogens with zero attached hydrogens (tertiary/aromatic N) is 1. The lowest BCUT2D eigenvalue weighted by molar-refractivity contribution is -0.133. The van der Waals surface area contributed by atoms with E-state index >= 15 is 0 Å². The van der Waals surface area contributed by atoms with Gasteiger partial charge in [-0.05, 0) is 60.7 Å². The normalized spacial score (nSPS) is 10.8. The molecule has 0 aliphatic carbocycles. The van der Waals surface area contributed by atoms with Gasteiger partial charge in [0.25, 0.3) is 0 Å². The number of halogens is 1. The molecule has 0 atom stereocenters. The van der Waals surface area contributed by atoms with Crippen molar-refractivity contribution in [1.82, 2.24) is 5.16 Å². The molecule has 28 heavy (non-hydrogen) atoms. The number of carbonyl (C=O) groups excluding carboxylic acids is 2. The lowest BCUT2D eigenvalue weighted by Gasteiger charge is -2.05. The third kappa shape index (κ3) is 3.66. The molecule has 0 amide bonds. The summed E-state index contributed by atoms with van der Waals surface area (Å²) in [7, 11) is 0. The van der Waals surface area contributed by atoms with Crippen molar-refractivity contribution in [1.29, 1.82) is 0 Å². The Morgan fingerprint density at radius 3 is 2.25 bits per heavy atom. The predicted octanol–water partition coefficient (Wildman–Crippen LogP) is 4.35. The average Bonchev–Trinajstić information content (AvgIpc) is 3.11. The number of ether oxygens (including phenoxy) is 1. The van der Waals surface area contributed by atoms with E-state index < -0.39 is 11.8 Å². The lowest BCUT2D eigenvalue weighted by Crippen LogP contribution is -2.11. The van der Waals surface area contributed by atoms with Crippen LogP contribution in [-0.4, -0.2) is 16.9 Å². The van der Waals surface area contributed by atoms with E-state index in [1.165, 1.54) is 36.4 Å². The molecule has 0 unspecified atom stereocenters. The highest BCUT2D eigenvalue weighted by molar-refractivity contribution is 6.09. The number of fused-ring (bicyclic) bond motifs is 1. The van der Waals surface area contributed by atoms with E-state index in [0.29, 0.717) is 28.2 Å². The molecule has 0 aliphatic rings. The van der Waals surface area contributed by atoms with Gasteiger partial charge in [-0.25, -0.2) is 4.39 Å². The molecule has 0 spiro atoms. The number of para-hydroxylation sites is 1. The van der Waals surface area contributed by atoms with Crippen LogP contribution in [0.2, 0.25) is 0 Å². The number of carbonyl (C=O) groups is 2. The Hall–Kier alpha value is -3.80. The molecule has 6 heteroatoms. The van der Waals surface area contributed by atoms with Crippen molar-refractivity contribution in [3.8, 4) is 5.75 Å². The summed E-state index contributed by atoms with van der Waals surface area (Å²) in [6.07, 6.45) is -0.0344. The molecule has 0 aliphatic heterocycles. The Labute approximate surface area is 159 Å². The quantitative estimate of drug-likeness (QED) is 0.295. The fourth-order valence-corrected chi connectivity index (χ4v) is 2.81. The van der Waals surface area contributed by atoms with Crippen LogP contribution in [0.1, 0.15) is 21.6 Å². The van der Waals surface area contributed by atoms with Gasteiger partial charge in [0.2, 0.25) is 0 Å². The van der Waals surface area contributed by atoms with Gasteiger partial charge < -0.3 is 9.26 Å². The molecule has 3 aromatic carbocycles. The van der Waals surface area contributed by atoms with Gasteiger partial charge in [0.15, 0.2) is 11.4 Å². The maximum atomic E-state index is 13.0. The number of ketones is 1. The lowest BCUT2D eigenvalue weighted by atomic mass is 10.0. The third-order valence-electron chi connectivity index (χ3n) is 4.22. The van der Waals surface area contributed by atoms with Gasteiger partial charge in [0.05, 0.1) is 6.42 Å². The van der Waals surface area contributed by atoms with Crippen LogP contribution >= 0.6 is 0 Å². The van der Waals surface area contributed by atoms with E-state index in [2.05, 4.69) is 5.16 Å². The molecule has 0 saturated heterocycles. The zero-order valence-electron chi connectivity index (χ0n) is 14.6. The van der Waals surface area contributed by atoms with Crippen LogP contribution in [0.4, 0.5) is 4.39 Å². The van der Waals surface area contributed by atoms with Crippen LogP contribution in [-0.2, 0) is 11.2 Å². The summed E-state index contributed by atoms with van der Waals surface area (Å²) < 4.78 is 23.5. The topological polar surface area (TPSA) is 69.4 Å². The molecule has 0 radical (unpaired) electrons. The molecule has 1 heterocycles. The molecular weight excluding hydrogens is 361 g/mol. The summed E-state index contributed by atoms with van der Waals surface area (Å²) in [4.78, 5) is 24.6. The van der Waals surface area contributed by atoms with E-state index in [-0.39, 0.29) is 12.2 Å². The fourth-order valence-electron chi connectivity index (χ4n) is 2.81. The second kappa shape index (κ2) is 7.44. The maximum absolute atomic E-state index is 13.0. The minimum absolute atomic E-state index is 0.0344. The number of esters is 1. The van der Waals surface area contributed by atoms with Crippen molar-refractivity contribution in [3.63, 3.8) is 0 Å². The second-order valence-electron chi connectivity index (χ2n) is 6.14. The molecule has 0 bridgehead atoms. The summed E-state index contributed by atoms with van der Waals surface area (Å²) in [6, 6.07) is 18.8. The van der Waals surface area contributed by atoms with Crippen LogP contribution in [0.25, 0.3) is 11.0 Å². The van der Waals surface area contributed by atoms with E-state index in [1.54, 1.807) is 18.2 Å². The van der Waals surface area contributed by atoms with Crippen molar-refractivity contribution in [2.75, 3.05) is 0 Å². The van der Waals surface area contributed by atoms with Crippen molar-refractivity contribution in [2.45, 2.75) is 6.42 Å². The SMILES string of the molecule is O=C(Cc1noc2ccccc12)Oc1ccc(C(=O)c2ccc(F)cc2)cc1. The van der Waals surface area contributed by atoms with Crippen LogP contribution < -0.4 is 4.74 Å². The summed E-state index contributed by atoms with van der Waals surface area (Å²) in [5.74, 6) is -0.823. The number of aromatic nitrogens is 1. The minimum Gasteiger partial charge on any atom is -0.426 e. The van der Waals surface area contributed by atoms with Crippen LogP contribution in [0.15, 0.2) is 77.3 Å². The highest BCUT2D eigenvalue weighted by Gasteiger charge is 2.14. The summed E-state index contributed by atoms with van der Waals surface area (Å²) in [5, 5.41) is 4.67. The number of benzene rings is 3. The van der Waals surface area contributed by atoms with Gasteiger partial charge >= 0.3 is 5.97 Å². The first kappa shape index (κ1) is 17.6. The summed E-state index contributed by atoms with van der Waals surface area (Å²) in [6.45, 7) is 0. The number of hydrogen-bond donors (Lipinski definition) is 0. The van der Waals surface area contributed by atoms with Crippen molar-refractivity contribution in [2.24, 2.45) is 0 Å². The van der Waals surface area contributed by atoms with Gasteiger partial charge in [-0.15, -0.1) is 0 Å². The van der Waals surface area contributed by atoms with Crippen LogP contribution in [0.5, 0.6) is 5.75 Å². The highest BCUT2D eigenvalue weighted by atomic mass is 19.1. The first-order valence-electron chi connectivity index (χ1n) is 8.54.